The van der Waals surface area contributed by atoms with Gasteiger partial charge in [-0.25, -0.2) is 0 Å². The van der Waals surface area contributed by atoms with E-state index in [-0.39, 0.29) is 5.91 Å². The molecule has 108 valence electrons. The monoisotopic (exact) mass is 265 g/mol. The van der Waals surface area contributed by atoms with Gasteiger partial charge in [0.1, 0.15) is 0 Å². The Morgan fingerprint density at radius 1 is 1.37 bits per heavy atom. The van der Waals surface area contributed by atoms with Crippen molar-refractivity contribution in [1.82, 2.24) is 15.5 Å². The van der Waals surface area contributed by atoms with Crippen LogP contribution in [0.5, 0.6) is 0 Å². The van der Waals surface area contributed by atoms with Gasteiger partial charge in [-0.1, -0.05) is 11.6 Å². The second kappa shape index (κ2) is 8.33. The highest BCUT2D eigenvalue weighted by Crippen LogP contribution is 2.20. The van der Waals surface area contributed by atoms with Gasteiger partial charge in [-0.15, -0.1) is 0 Å². The number of unbranched alkanes of at least 4 members (excludes halogenated alkanes) is 1. The molecule has 2 aliphatic rings. The van der Waals surface area contributed by atoms with Crippen LogP contribution in [0.4, 0.5) is 0 Å². The lowest BCUT2D eigenvalue weighted by Gasteiger charge is -2.27. The van der Waals surface area contributed by atoms with Crippen molar-refractivity contribution in [3.8, 4) is 0 Å². The second-order valence-corrected chi connectivity index (χ2v) is 5.62. The largest absolute Gasteiger partial charge is 0.356 e. The molecule has 0 radical (unpaired) electrons. The fraction of sp³-hybridized carbons (Fsp3) is 0.800. The maximum Gasteiger partial charge on any atom is 0.224 e. The van der Waals surface area contributed by atoms with Gasteiger partial charge in [-0.05, 0) is 51.6 Å². The Kier molecular flexibility index (Phi) is 6.37. The summed E-state index contributed by atoms with van der Waals surface area (Å²) in [5.74, 6) is 0.202. The molecule has 2 rings (SSSR count). The summed E-state index contributed by atoms with van der Waals surface area (Å²) in [5, 5.41) is 6.42. The molecular formula is C15H27N3O. The van der Waals surface area contributed by atoms with Crippen molar-refractivity contribution >= 4 is 5.91 Å². The molecule has 1 heterocycles. The molecule has 2 N–H and O–H groups in total. The highest BCUT2D eigenvalue weighted by atomic mass is 16.1. The molecule has 0 saturated carbocycles. The van der Waals surface area contributed by atoms with Gasteiger partial charge in [0.05, 0.1) is 0 Å². The zero-order valence-electron chi connectivity index (χ0n) is 11.9. The molecule has 1 amide bonds. The molecule has 4 nitrogen and oxygen atoms in total. The van der Waals surface area contributed by atoms with E-state index in [0.29, 0.717) is 6.42 Å². The summed E-state index contributed by atoms with van der Waals surface area (Å²) in [4.78, 5) is 14.1. The van der Waals surface area contributed by atoms with Crippen molar-refractivity contribution in [3.63, 3.8) is 0 Å². The molecule has 0 aromatic rings. The highest BCUT2D eigenvalue weighted by molar-refractivity contribution is 5.78. The summed E-state index contributed by atoms with van der Waals surface area (Å²) in [7, 11) is 0. The van der Waals surface area contributed by atoms with Crippen LogP contribution in [0.15, 0.2) is 11.6 Å². The Morgan fingerprint density at radius 3 is 3.05 bits per heavy atom. The third-order valence-electron chi connectivity index (χ3n) is 3.91. The first-order chi connectivity index (χ1) is 9.34. The van der Waals surface area contributed by atoms with Crippen molar-refractivity contribution in [1.29, 1.82) is 0 Å². The van der Waals surface area contributed by atoms with Gasteiger partial charge in [0.2, 0.25) is 5.91 Å². The summed E-state index contributed by atoms with van der Waals surface area (Å²) >= 11 is 0. The van der Waals surface area contributed by atoms with Crippen molar-refractivity contribution in [3.05, 3.63) is 11.6 Å². The number of rotatable bonds is 7. The number of nitrogens with zero attached hydrogens (tertiary/aromatic N) is 1. The molecule has 19 heavy (non-hydrogen) atoms. The van der Waals surface area contributed by atoms with E-state index in [1.54, 1.807) is 0 Å². The van der Waals surface area contributed by atoms with Crippen LogP contribution in [-0.2, 0) is 4.79 Å². The number of amides is 1. The maximum absolute atomic E-state index is 11.7. The predicted octanol–water partition coefficient (Wildman–Crippen LogP) is 1.64. The van der Waals surface area contributed by atoms with Gasteiger partial charge in [0, 0.05) is 26.2 Å². The lowest BCUT2D eigenvalue weighted by Crippen LogP contribution is -2.42. The van der Waals surface area contributed by atoms with Crippen LogP contribution in [-0.4, -0.2) is 43.7 Å². The first kappa shape index (κ1) is 14.5. The minimum Gasteiger partial charge on any atom is -0.356 e. The van der Waals surface area contributed by atoms with E-state index < -0.39 is 0 Å². The number of nitrogens with one attached hydrogen (secondary N) is 2. The van der Waals surface area contributed by atoms with Gasteiger partial charge in [0.25, 0.3) is 0 Å². The topological polar surface area (TPSA) is 44.4 Å². The average molecular weight is 265 g/mol. The van der Waals surface area contributed by atoms with Crippen molar-refractivity contribution in [2.45, 2.75) is 44.9 Å². The second-order valence-electron chi connectivity index (χ2n) is 5.62. The van der Waals surface area contributed by atoms with Crippen molar-refractivity contribution in [2.75, 3.05) is 32.8 Å². The first-order valence-corrected chi connectivity index (χ1v) is 7.72. The van der Waals surface area contributed by atoms with Crippen LogP contribution < -0.4 is 10.6 Å². The highest BCUT2D eigenvalue weighted by Gasteiger charge is 2.10. The van der Waals surface area contributed by atoms with Gasteiger partial charge in [-0.2, -0.15) is 0 Å². The number of allylic oxidation sites excluding steroid dienone is 1. The number of carbonyl (C=O) groups excluding carboxylic acids is 1. The van der Waals surface area contributed by atoms with Crippen LogP contribution in [0.3, 0.4) is 0 Å². The standard InChI is InChI=1S/C15H27N3O/c19-15(12-14-6-1-2-7-14)17-9-3-4-10-18-11-5-8-16-13-18/h6,16H,1-5,7-13H2,(H,17,19). The third-order valence-corrected chi connectivity index (χ3v) is 3.91. The Balaban J connectivity index is 1.45. The minimum absolute atomic E-state index is 0.202. The molecule has 0 bridgehead atoms. The Hall–Kier alpha value is -0.870. The van der Waals surface area contributed by atoms with Crippen molar-refractivity contribution in [2.24, 2.45) is 0 Å². The normalized spacial score (nSPS) is 20.3. The molecule has 0 aromatic carbocycles. The fourth-order valence-corrected chi connectivity index (χ4v) is 2.79. The lowest BCUT2D eigenvalue weighted by atomic mass is 10.1. The molecule has 0 atom stereocenters. The summed E-state index contributed by atoms with van der Waals surface area (Å²) in [6.07, 6.45) is 9.87. The average Bonchev–Trinajstić information content (AvgIpc) is 2.92. The molecule has 0 unspecified atom stereocenters. The zero-order chi connectivity index (χ0) is 13.3. The smallest absolute Gasteiger partial charge is 0.224 e. The third kappa shape index (κ3) is 5.74. The molecule has 1 fully saturated rings. The SMILES string of the molecule is O=C(CC1=CCCC1)NCCCCN1CCCNC1. The minimum atomic E-state index is 0.202. The maximum atomic E-state index is 11.7. The number of hydrogen-bond acceptors (Lipinski definition) is 3. The van der Waals surface area contributed by atoms with Crippen LogP contribution in [0.25, 0.3) is 0 Å². The summed E-state index contributed by atoms with van der Waals surface area (Å²) in [6.45, 7) is 5.37. The van der Waals surface area contributed by atoms with Crippen molar-refractivity contribution < 1.29 is 4.79 Å². The quantitative estimate of drug-likeness (QED) is 0.543. The molecular weight excluding hydrogens is 238 g/mol. The van der Waals surface area contributed by atoms with E-state index in [2.05, 4.69) is 21.6 Å². The molecule has 0 spiro atoms. The van der Waals surface area contributed by atoms with E-state index in [9.17, 15) is 4.79 Å². The van der Waals surface area contributed by atoms with E-state index in [1.165, 1.54) is 31.4 Å². The number of carbonyl (C=O) groups is 1. The summed E-state index contributed by atoms with van der Waals surface area (Å²) < 4.78 is 0. The van der Waals surface area contributed by atoms with Gasteiger partial charge < -0.3 is 10.6 Å². The molecule has 1 saturated heterocycles. The molecule has 0 aromatic heterocycles. The van der Waals surface area contributed by atoms with Crippen LogP contribution >= 0.6 is 0 Å². The Labute approximate surface area is 116 Å². The van der Waals surface area contributed by atoms with Crippen LogP contribution in [0.1, 0.15) is 44.9 Å². The Bertz CT molecular complexity index is 309. The van der Waals surface area contributed by atoms with E-state index in [1.807, 2.05) is 0 Å². The Morgan fingerprint density at radius 2 is 2.32 bits per heavy atom. The van der Waals surface area contributed by atoms with Crippen LogP contribution in [0, 0.1) is 0 Å². The lowest BCUT2D eigenvalue weighted by molar-refractivity contribution is -0.120. The molecule has 1 aliphatic heterocycles. The summed E-state index contributed by atoms with van der Waals surface area (Å²) in [5.41, 5.74) is 1.33. The zero-order valence-corrected chi connectivity index (χ0v) is 11.9. The number of hydrogen-bond donors (Lipinski definition) is 2. The predicted molar refractivity (Wildman–Crippen MR) is 77.9 cm³/mol. The van der Waals surface area contributed by atoms with E-state index in [0.717, 1.165) is 45.6 Å². The van der Waals surface area contributed by atoms with Gasteiger partial charge in [0.15, 0.2) is 0 Å². The fourth-order valence-electron chi connectivity index (χ4n) is 2.79. The molecule has 1 aliphatic carbocycles. The first-order valence-electron chi connectivity index (χ1n) is 7.72. The van der Waals surface area contributed by atoms with Gasteiger partial charge >= 0.3 is 0 Å². The molecule has 4 heteroatoms. The van der Waals surface area contributed by atoms with Gasteiger partial charge in [-0.3, -0.25) is 9.69 Å². The summed E-state index contributed by atoms with van der Waals surface area (Å²) in [6, 6.07) is 0. The van der Waals surface area contributed by atoms with E-state index >= 15 is 0 Å². The van der Waals surface area contributed by atoms with Crippen LogP contribution in [0.2, 0.25) is 0 Å². The van der Waals surface area contributed by atoms with E-state index in [4.69, 9.17) is 0 Å².